The quantitative estimate of drug-likeness (QED) is 0.502. The van der Waals surface area contributed by atoms with Gasteiger partial charge in [-0.05, 0) is 35.9 Å². The van der Waals surface area contributed by atoms with Gasteiger partial charge in [-0.25, -0.2) is 9.67 Å². The number of hydrogen-bond donors (Lipinski definition) is 2. The summed E-state index contributed by atoms with van der Waals surface area (Å²) in [5.41, 5.74) is 2.22. The Labute approximate surface area is 180 Å². The van der Waals surface area contributed by atoms with Crippen molar-refractivity contribution >= 4 is 33.1 Å². The lowest BCUT2D eigenvalue weighted by molar-refractivity contribution is -0.116. The molecule has 0 unspecified atom stereocenters. The Morgan fingerprint density at radius 1 is 1.19 bits per heavy atom. The van der Waals surface area contributed by atoms with Crippen molar-refractivity contribution in [3.63, 3.8) is 0 Å². The molecule has 1 aliphatic heterocycles. The molecule has 0 radical (unpaired) electrons. The number of thiazole rings is 1. The van der Waals surface area contributed by atoms with Gasteiger partial charge >= 0.3 is 0 Å². The van der Waals surface area contributed by atoms with Gasteiger partial charge in [-0.1, -0.05) is 12.1 Å². The fourth-order valence-corrected chi connectivity index (χ4v) is 4.34. The summed E-state index contributed by atoms with van der Waals surface area (Å²) in [7, 11) is 0. The number of aromatic nitrogens is 3. The van der Waals surface area contributed by atoms with Crippen LogP contribution in [0, 0.1) is 0 Å². The summed E-state index contributed by atoms with van der Waals surface area (Å²) < 4.78 is 6.70. The number of ether oxygens (including phenoxy) is 1. The molecule has 0 saturated carbocycles. The highest BCUT2D eigenvalue weighted by Gasteiger charge is 2.15. The van der Waals surface area contributed by atoms with Gasteiger partial charge in [0.15, 0.2) is 5.13 Å². The van der Waals surface area contributed by atoms with E-state index in [1.54, 1.807) is 24.3 Å². The van der Waals surface area contributed by atoms with E-state index in [1.165, 1.54) is 16.0 Å². The second kappa shape index (κ2) is 7.84. The van der Waals surface area contributed by atoms with Crippen LogP contribution in [0.5, 0.6) is 5.75 Å². The van der Waals surface area contributed by atoms with Gasteiger partial charge in [-0.15, -0.1) is 11.3 Å². The minimum Gasteiger partial charge on any atom is -0.493 e. The molecule has 2 aromatic carbocycles. The van der Waals surface area contributed by atoms with Gasteiger partial charge in [0.05, 0.1) is 29.6 Å². The molecule has 2 aromatic heterocycles. The van der Waals surface area contributed by atoms with Gasteiger partial charge in [-0.3, -0.25) is 19.5 Å². The fourth-order valence-electron chi connectivity index (χ4n) is 3.61. The van der Waals surface area contributed by atoms with Crippen molar-refractivity contribution in [2.45, 2.75) is 19.4 Å². The molecule has 0 saturated heterocycles. The molecule has 2 N–H and O–H groups in total. The molecule has 3 heterocycles. The number of H-pyrrole nitrogens is 1. The first-order valence-electron chi connectivity index (χ1n) is 9.82. The average Bonchev–Trinajstić information content (AvgIpc) is 3.44. The van der Waals surface area contributed by atoms with Crippen molar-refractivity contribution in [1.29, 1.82) is 0 Å². The van der Waals surface area contributed by atoms with Crippen molar-refractivity contribution < 1.29 is 9.53 Å². The lowest BCUT2D eigenvalue weighted by atomic mass is 10.1. The van der Waals surface area contributed by atoms with E-state index in [4.69, 9.17) is 4.74 Å². The summed E-state index contributed by atoms with van der Waals surface area (Å²) in [5, 5.41) is 8.33. The highest BCUT2D eigenvalue weighted by Crippen LogP contribution is 2.31. The third-order valence-electron chi connectivity index (χ3n) is 5.18. The molecular weight excluding hydrogens is 416 g/mol. The number of carbonyl (C=O) groups excluding carboxylic acids is 1. The normalized spacial score (nSPS) is 12.5. The molecule has 1 aliphatic rings. The molecular formula is C22H18N4O4S. The van der Waals surface area contributed by atoms with Gasteiger partial charge in [0.25, 0.3) is 11.1 Å². The highest BCUT2D eigenvalue weighted by molar-refractivity contribution is 7.14. The van der Waals surface area contributed by atoms with Gasteiger partial charge < -0.3 is 10.1 Å². The number of rotatable bonds is 5. The van der Waals surface area contributed by atoms with E-state index in [2.05, 4.69) is 21.5 Å². The maximum absolute atomic E-state index is 12.5. The molecule has 9 heteroatoms. The topological polar surface area (TPSA) is 106 Å². The Hall–Kier alpha value is -3.72. The van der Waals surface area contributed by atoms with Crippen molar-refractivity contribution in [1.82, 2.24) is 14.8 Å². The summed E-state index contributed by atoms with van der Waals surface area (Å²) in [5.74, 6) is 0.624. The predicted octanol–water partition coefficient (Wildman–Crippen LogP) is 2.78. The number of aryl methyl sites for hydroxylation is 1. The first-order chi connectivity index (χ1) is 15.1. The Morgan fingerprint density at radius 3 is 2.90 bits per heavy atom. The molecule has 0 aliphatic carbocycles. The number of nitrogens with one attached hydrogen (secondary N) is 2. The van der Waals surface area contributed by atoms with Crippen molar-refractivity contribution in [3.05, 3.63) is 74.1 Å². The molecule has 4 aromatic rings. The van der Waals surface area contributed by atoms with Gasteiger partial charge in [-0.2, -0.15) is 0 Å². The monoisotopic (exact) mass is 434 g/mol. The van der Waals surface area contributed by atoms with Crippen LogP contribution < -0.4 is 21.2 Å². The second-order valence-corrected chi connectivity index (χ2v) is 8.06. The molecule has 0 bridgehead atoms. The van der Waals surface area contributed by atoms with Crippen molar-refractivity contribution in [2.75, 3.05) is 11.9 Å². The zero-order valence-corrected chi connectivity index (χ0v) is 17.2. The Morgan fingerprint density at radius 2 is 2.03 bits per heavy atom. The lowest BCUT2D eigenvalue weighted by Gasteiger charge is -2.07. The summed E-state index contributed by atoms with van der Waals surface area (Å²) in [6.45, 7) is 0.760. The van der Waals surface area contributed by atoms with Crippen LogP contribution in [0.1, 0.15) is 12.0 Å². The largest absolute Gasteiger partial charge is 0.493 e. The van der Waals surface area contributed by atoms with Gasteiger partial charge in [0, 0.05) is 23.8 Å². The van der Waals surface area contributed by atoms with Gasteiger partial charge in [0.2, 0.25) is 5.91 Å². The van der Waals surface area contributed by atoms with E-state index in [1.807, 2.05) is 17.5 Å². The number of carbonyl (C=O) groups is 1. The van der Waals surface area contributed by atoms with Crippen LogP contribution in [0.2, 0.25) is 0 Å². The van der Waals surface area contributed by atoms with Gasteiger partial charge in [0.1, 0.15) is 5.75 Å². The SMILES string of the molecule is O=C(CCn1[nH]c(=O)c2ccccc2c1=O)Nc1nc(-c2ccc3c(c2)CCO3)cs1. The van der Waals surface area contributed by atoms with Crippen molar-refractivity contribution in [2.24, 2.45) is 0 Å². The van der Waals surface area contributed by atoms with Crippen LogP contribution >= 0.6 is 11.3 Å². The number of aromatic amines is 1. The minimum absolute atomic E-state index is 0.0271. The van der Waals surface area contributed by atoms with E-state index >= 15 is 0 Å². The number of fused-ring (bicyclic) bond motifs is 2. The standard InChI is InChI=1S/C22H18N4O4S/c27-19(7-9-26-21(29)16-4-2-1-3-15(16)20(28)25-26)24-22-23-17(12-31-22)13-5-6-18-14(11-13)8-10-30-18/h1-6,11-12H,7-10H2,(H,25,28)(H,23,24,27). The fraction of sp³-hybridized carbons (Fsp3) is 0.182. The Kier molecular flexibility index (Phi) is 4.87. The number of amides is 1. The minimum atomic E-state index is -0.361. The van der Waals surface area contributed by atoms with Crippen LogP contribution in [-0.4, -0.2) is 27.3 Å². The van der Waals surface area contributed by atoms with E-state index in [-0.39, 0.29) is 30.0 Å². The van der Waals surface area contributed by atoms with E-state index < -0.39 is 0 Å². The third kappa shape index (κ3) is 3.75. The summed E-state index contributed by atoms with van der Waals surface area (Å²) in [6, 6.07) is 12.6. The zero-order chi connectivity index (χ0) is 21.4. The molecule has 0 atom stereocenters. The van der Waals surface area contributed by atoms with E-state index in [9.17, 15) is 14.4 Å². The van der Waals surface area contributed by atoms with Crippen LogP contribution in [0.3, 0.4) is 0 Å². The number of benzene rings is 2. The first-order valence-corrected chi connectivity index (χ1v) is 10.7. The van der Waals surface area contributed by atoms with Crippen LogP contribution in [0.25, 0.3) is 22.0 Å². The zero-order valence-electron chi connectivity index (χ0n) is 16.4. The van der Waals surface area contributed by atoms with E-state index in [0.29, 0.717) is 22.5 Å². The maximum atomic E-state index is 12.5. The highest BCUT2D eigenvalue weighted by atomic mass is 32.1. The molecule has 8 nitrogen and oxygen atoms in total. The summed E-state index contributed by atoms with van der Waals surface area (Å²) in [6.07, 6.45) is 0.909. The molecule has 0 fully saturated rings. The molecule has 1 amide bonds. The molecule has 31 heavy (non-hydrogen) atoms. The summed E-state index contributed by atoms with van der Waals surface area (Å²) in [4.78, 5) is 41.6. The number of nitrogens with zero attached hydrogens (tertiary/aromatic N) is 2. The van der Waals surface area contributed by atoms with Crippen LogP contribution in [0.4, 0.5) is 5.13 Å². The van der Waals surface area contributed by atoms with Crippen molar-refractivity contribution in [3.8, 4) is 17.0 Å². The molecule has 156 valence electrons. The van der Waals surface area contributed by atoms with Crippen LogP contribution in [-0.2, 0) is 17.8 Å². The van der Waals surface area contributed by atoms with E-state index in [0.717, 1.165) is 29.0 Å². The van der Waals surface area contributed by atoms with Crippen LogP contribution in [0.15, 0.2) is 57.4 Å². The molecule has 0 spiro atoms. The Balaban J connectivity index is 1.27. The third-order valence-corrected chi connectivity index (χ3v) is 5.94. The summed E-state index contributed by atoms with van der Waals surface area (Å²) >= 11 is 1.33. The predicted molar refractivity (Wildman–Crippen MR) is 119 cm³/mol. The average molecular weight is 434 g/mol. The molecule has 5 rings (SSSR count). The smallest absolute Gasteiger partial charge is 0.273 e. The second-order valence-electron chi connectivity index (χ2n) is 7.20. The first kappa shape index (κ1) is 19.3. The number of anilines is 1. The number of hydrogen-bond acceptors (Lipinski definition) is 6. The maximum Gasteiger partial charge on any atom is 0.273 e. The Bertz CT molecular complexity index is 1420. The lowest BCUT2D eigenvalue weighted by Crippen LogP contribution is -2.31.